The molecular formula is C19H23N3O4. The van der Waals surface area contributed by atoms with E-state index in [0.717, 1.165) is 25.7 Å². The zero-order valence-electron chi connectivity index (χ0n) is 14.7. The molecule has 1 saturated carbocycles. The van der Waals surface area contributed by atoms with Crippen molar-refractivity contribution in [3.8, 4) is 11.3 Å². The van der Waals surface area contributed by atoms with Crippen molar-refractivity contribution in [2.24, 2.45) is 11.8 Å². The van der Waals surface area contributed by atoms with Crippen LogP contribution in [0.4, 0.5) is 5.82 Å². The van der Waals surface area contributed by atoms with Crippen molar-refractivity contribution in [1.29, 1.82) is 0 Å². The number of hydrogen-bond acceptors (Lipinski definition) is 5. The highest BCUT2D eigenvalue weighted by molar-refractivity contribution is 5.99. The van der Waals surface area contributed by atoms with Gasteiger partial charge in [-0.25, -0.2) is 4.79 Å². The molecule has 0 radical (unpaired) electrons. The molecule has 3 rings (SSSR count). The fourth-order valence-electron chi connectivity index (χ4n) is 3.47. The van der Waals surface area contributed by atoms with Gasteiger partial charge in [0.25, 0.3) is 0 Å². The highest BCUT2D eigenvalue weighted by Gasteiger charge is 2.27. The average Bonchev–Trinajstić information content (AvgIpc) is 3.11. The number of aromatic carboxylic acids is 1. The van der Waals surface area contributed by atoms with E-state index in [1.54, 1.807) is 19.2 Å². The first kappa shape index (κ1) is 18.0. The summed E-state index contributed by atoms with van der Waals surface area (Å²) in [7, 11) is 1.66. The number of nitrogens with zero attached hydrogens (tertiary/aromatic N) is 1. The fourth-order valence-corrected chi connectivity index (χ4v) is 3.47. The van der Waals surface area contributed by atoms with Crippen LogP contribution in [0.5, 0.6) is 0 Å². The molecule has 138 valence electrons. The molecule has 7 heteroatoms. The van der Waals surface area contributed by atoms with E-state index in [1.807, 2.05) is 18.2 Å². The number of benzene rings is 1. The van der Waals surface area contributed by atoms with E-state index >= 15 is 0 Å². The minimum Gasteiger partial charge on any atom is -0.477 e. The maximum atomic E-state index is 11.7. The number of aromatic nitrogens is 1. The van der Waals surface area contributed by atoms with Crippen molar-refractivity contribution < 1.29 is 19.2 Å². The van der Waals surface area contributed by atoms with Crippen LogP contribution in [0.25, 0.3) is 11.3 Å². The number of hydrogen-bond donors (Lipinski definition) is 3. The summed E-state index contributed by atoms with van der Waals surface area (Å²) in [5.41, 5.74) is 0.729. The lowest BCUT2D eigenvalue weighted by atomic mass is 9.81. The monoisotopic (exact) mass is 357 g/mol. The molecule has 1 aromatic carbocycles. The number of nitrogens with one attached hydrogen (secondary N) is 2. The molecule has 1 aliphatic carbocycles. The van der Waals surface area contributed by atoms with E-state index in [2.05, 4.69) is 15.8 Å². The molecule has 1 aliphatic rings. The summed E-state index contributed by atoms with van der Waals surface area (Å²) in [6.07, 6.45) is 3.56. The van der Waals surface area contributed by atoms with E-state index in [-0.39, 0.29) is 29.0 Å². The molecule has 26 heavy (non-hydrogen) atoms. The van der Waals surface area contributed by atoms with Crippen molar-refractivity contribution in [3.05, 3.63) is 35.9 Å². The minimum absolute atomic E-state index is 0.0512. The van der Waals surface area contributed by atoms with Gasteiger partial charge in [-0.05, 0) is 31.6 Å². The highest BCUT2D eigenvalue weighted by atomic mass is 16.5. The Hall–Kier alpha value is -2.83. The SMILES string of the molecule is CNC(=O)C1CCC(CNc2noc(-c3ccccc3)c2C(=O)O)CC1. The molecule has 0 atom stereocenters. The Kier molecular flexibility index (Phi) is 5.55. The van der Waals surface area contributed by atoms with E-state index in [1.165, 1.54) is 0 Å². The molecule has 1 fully saturated rings. The van der Waals surface area contributed by atoms with E-state index < -0.39 is 5.97 Å². The third-order valence-corrected chi connectivity index (χ3v) is 4.96. The third-order valence-electron chi connectivity index (χ3n) is 4.96. The summed E-state index contributed by atoms with van der Waals surface area (Å²) in [5, 5.41) is 19.3. The molecule has 0 aliphatic heterocycles. The number of amides is 1. The van der Waals surface area contributed by atoms with Gasteiger partial charge < -0.3 is 20.3 Å². The van der Waals surface area contributed by atoms with Crippen LogP contribution in [0.1, 0.15) is 36.0 Å². The van der Waals surface area contributed by atoms with Gasteiger partial charge in [-0.15, -0.1) is 0 Å². The summed E-state index contributed by atoms with van der Waals surface area (Å²) in [4.78, 5) is 23.4. The standard InChI is InChI=1S/C19H23N3O4/c1-20-18(23)14-9-7-12(8-10-14)11-21-17-15(19(24)25)16(26-22-17)13-5-3-2-4-6-13/h2-6,12,14H,7-11H2,1H3,(H,20,23)(H,21,22)(H,24,25). The second-order valence-electron chi connectivity index (χ2n) is 6.62. The molecular weight excluding hydrogens is 334 g/mol. The summed E-state index contributed by atoms with van der Waals surface area (Å²) < 4.78 is 5.30. The Morgan fingerprint density at radius 1 is 1.19 bits per heavy atom. The number of carbonyl (C=O) groups excluding carboxylic acids is 1. The van der Waals surface area contributed by atoms with E-state index in [9.17, 15) is 14.7 Å². The van der Waals surface area contributed by atoms with Gasteiger partial charge in [0.2, 0.25) is 5.91 Å². The Morgan fingerprint density at radius 3 is 2.50 bits per heavy atom. The number of carboxylic acid groups (broad SMARTS) is 1. The lowest BCUT2D eigenvalue weighted by Crippen LogP contribution is -2.32. The van der Waals surface area contributed by atoms with Gasteiger partial charge >= 0.3 is 5.97 Å². The summed E-state index contributed by atoms with van der Waals surface area (Å²) in [5.74, 6) is 0.00944. The van der Waals surface area contributed by atoms with Crippen molar-refractivity contribution in [1.82, 2.24) is 10.5 Å². The van der Waals surface area contributed by atoms with Crippen LogP contribution in [-0.2, 0) is 4.79 Å². The van der Waals surface area contributed by atoms with Crippen LogP contribution in [0, 0.1) is 11.8 Å². The summed E-state index contributed by atoms with van der Waals surface area (Å²) >= 11 is 0. The lowest BCUT2D eigenvalue weighted by molar-refractivity contribution is -0.125. The van der Waals surface area contributed by atoms with Gasteiger partial charge in [-0.3, -0.25) is 4.79 Å². The molecule has 0 spiro atoms. The second-order valence-corrected chi connectivity index (χ2v) is 6.62. The maximum absolute atomic E-state index is 11.7. The zero-order valence-corrected chi connectivity index (χ0v) is 14.7. The van der Waals surface area contributed by atoms with Crippen LogP contribution in [0.2, 0.25) is 0 Å². The average molecular weight is 357 g/mol. The van der Waals surface area contributed by atoms with Crippen molar-refractivity contribution in [3.63, 3.8) is 0 Å². The van der Waals surface area contributed by atoms with Gasteiger partial charge in [-0.2, -0.15) is 0 Å². The Bertz CT molecular complexity index is 764. The van der Waals surface area contributed by atoms with Crippen LogP contribution in [0.3, 0.4) is 0 Å². The molecule has 0 saturated heterocycles. The molecule has 0 unspecified atom stereocenters. The summed E-state index contributed by atoms with van der Waals surface area (Å²) in [6.45, 7) is 0.613. The molecule has 3 N–H and O–H groups in total. The number of rotatable bonds is 6. The summed E-state index contributed by atoms with van der Waals surface area (Å²) in [6, 6.07) is 9.07. The normalized spacial score (nSPS) is 19.7. The Morgan fingerprint density at radius 2 is 1.88 bits per heavy atom. The highest BCUT2D eigenvalue weighted by Crippen LogP contribution is 2.32. The molecule has 2 aromatic rings. The van der Waals surface area contributed by atoms with Crippen LogP contribution < -0.4 is 10.6 Å². The molecule has 0 bridgehead atoms. The zero-order chi connectivity index (χ0) is 18.5. The fraction of sp³-hybridized carbons (Fsp3) is 0.421. The quantitative estimate of drug-likeness (QED) is 0.734. The predicted molar refractivity (Wildman–Crippen MR) is 96.9 cm³/mol. The predicted octanol–water partition coefficient (Wildman–Crippen LogP) is 3.00. The van der Waals surface area contributed by atoms with Crippen molar-refractivity contribution in [2.75, 3.05) is 18.9 Å². The van der Waals surface area contributed by atoms with Gasteiger partial charge in [0.15, 0.2) is 17.1 Å². The van der Waals surface area contributed by atoms with Gasteiger partial charge in [-0.1, -0.05) is 35.5 Å². The van der Waals surface area contributed by atoms with Gasteiger partial charge in [0.05, 0.1) is 0 Å². The molecule has 1 aromatic heterocycles. The first-order chi connectivity index (χ1) is 12.6. The Balaban J connectivity index is 1.65. The third kappa shape index (κ3) is 3.87. The first-order valence-corrected chi connectivity index (χ1v) is 8.84. The van der Waals surface area contributed by atoms with E-state index in [0.29, 0.717) is 18.0 Å². The second kappa shape index (κ2) is 8.03. The van der Waals surface area contributed by atoms with Crippen molar-refractivity contribution in [2.45, 2.75) is 25.7 Å². The van der Waals surface area contributed by atoms with E-state index in [4.69, 9.17) is 4.52 Å². The smallest absolute Gasteiger partial charge is 0.343 e. The number of anilines is 1. The topological polar surface area (TPSA) is 104 Å². The minimum atomic E-state index is -1.07. The molecule has 1 amide bonds. The molecule has 7 nitrogen and oxygen atoms in total. The van der Waals surface area contributed by atoms with Crippen LogP contribution in [-0.4, -0.2) is 35.7 Å². The maximum Gasteiger partial charge on any atom is 0.343 e. The number of carbonyl (C=O) groups is 2. The van der Waals surface area contributed by atoms with Gasteiger partial charge in [0.1, 0.15) is 0 Å². The largest absolute Gasteiger partial charge is 0.477 e. The lowest BCUT2D eigenvalue weighted by Gasteiger charge is -2.27. The first-order valence-electron chi connectivity index (χ1n) is 8.84. The molecule has 1 heterocycles. The van der Waals surface area contributed by atoms with Crippen LogP contribution in [0.15, 0.2) is 34.9 Å². The van der Waals surface area contributed by atoms with Crippen molar-refractivity contribution >= 4 is 17.7 Å². The number of carboxylic acids is 1. The Labute approximate surface area is 151 Å². The van der Waals surface area contributed by atoms with Crippen LogP contribution >= 0.6 is 0 Å². The van der Waals surface area contributed by atoms with Gasteiger partial charge in [0, 0.05) is 25.1 Å².